The summed E-state index contributed by atoms with van der Waals surface area (Å²) >= 11 is 5.97. The fourth-order valence-corrected chi connectivity index (χ4v) is 2.81. The number of nitrogens with one attached hydrogen (secondary N) is 2. The minimum Gasteiger partial charge on any atom is -0.288 e. The zero-order valence-corrected chi connectivity index (χ0v) is 13.8. The molecule has 4 nitrogen and oxygen atoms in total. The van der Waals surface area contributed by atoms with Crippen molar-refractivity contribution in [2.24, 2.45) is 0 Å². The molecule has 0 aliphatic carbocycles. The van der Waals surface area contributed by atoms with Crippen LogP contribution in [-0.4, -0.2) is 15.4 Å². The maximum absolute atomic E-state index is 8.20. The number of aromatic nitrogens is 2. The average molecular weight is 325 g/mol. The zero-order valence-electron chi connectivity index (χ0n) is 13.0. The van der Waals surface area contributed by atoms with Crippen molar-refractivity contribution in [2.45, 2.75) is 20.3 Å². The van der Waals surface area contributed by atoms with E-state index in [0.29, 0.717) is 5.02 Å². The molecule has 116 valence electrons. The lowest BCUT2D eigenvalue weighted by Crippen LogP contribution is -2.28. The van der Waals surface area contributed by atoms with Gasteiger partial charge in [-0.25, -0.2) is 4.98 Å². The Balaban J connectivity index is 2.42. The highest BCUT2D eigenvalue weighted by Gasteiger charge is 2.12. The molecule has 0 fully saturated rings. The Labute approximate surface area is 139 Å². The number of nitrogens with zero attached hydrogens (tertiary/aromatic N) is 2. The standard InChI is InChI=1S/C18H17ClN4/c1-3-12-4-9-16-15(10-12)17(13-5-7-14(19)8-6-13)22-18(21)23(16)11(2)20/h4-10,20-21H,3H2,1-2H3. The Morgan fingerprint density at radius 2 is 1.87 bits per heavy atom. The van der Waals surface area contributed by atoms with E-state index in [1.807, 2.05) is 36.4 Å². The van der Waals surface area contributed by atoms with E-state index in [0.717, 1.165) is 28.6 Å². The maximum Gasteiger partial charge on any atom is 0.228 e. The Bertz CT molecular complexity index is 955. The third-order valence-corrected chi connectivity index (χ3v) is 4.10. The van der Waals surface area contributed by atoms with Gasteiger partial charge in [0.15, 0.2) is 0 Å². The van der Waals surface area contributed by atoms with Crippen molar-refractivity contribution in [3.8, 4) is 11.3 Å². The molecule has 1 heterocycles. The van der Waals surface area contributed by atoms with Crippen LogP contribution in [0.3, 0.4) is 0 Å². The summed E-state index contributed by atoms with van der Waals surface area (Å²) < 4.78 is 1.55. The molecule has 2 N–H and O–H groups in total. The van der Waals surface area contributed by atoms with E-state index in [2.05, 4.69) is 18.0 Å². The molecule has 0 aliphatic rings. The molecule has 23 heavy (non-hydrogen) atoms. The Hall–Kier alpha value is -2.46. The Morgan fingerprint density at radius 1 is 1.17 bits per heavy atom. The predicted molar refractivity (Wildman–Crippen MR) is 94.2 cm³/mol. The number of benzene rings is 2. The molecule has 5 heteroatoms. The smallest absolute Gasteiger partial charge is 0.228 e. The lowest BCUT2D eigenvalue weighted by molar-refractivity contribution is 0.910. The summed E-state index contributed by atoms with van der Waals surface area (Å²) in [4.78, 5) is 4.44. The molecular formula is C18H17ClN4. The number of rotatable bonds is 2. The van der Waals surface area contributed by atoms with Crippen molar-refractivity contribution < 1.29 is 0 Å². The number of aryl methyl sites for hydroxylation is 1. The van der Waals surface area contributed by atoms with Gasteiger partial charge in [0, 0.05) is 16.0 Å². The van der Waals surface area contributed by atoms with Gasteiger partial charge in [0.1, 0.15) is 5.84 Å². The van der Waals surface area contributed by atoms with Crippen LogP contribution in [0.25, 0.3) is 22.2 Å². The predicted octanol–water partition coefficient (Wildman–Crippen LogP) is 4.24. The topological polar surface area (TPSA) is 65.5 Å². The van der Waals surface area contributed by atoms with Gasteiger partial charge in [-0.15, -0.1) is 0 Å². The van der Waals surface area contributed by atoms with E-state index in [1.165, 1.54) is 5.56 Å². The summed E-state index contributed by atoms with van der Waals surface area (Å²) in [5.74, 6) is 0.277. The Kier molecular flexibility index (Phi) is 4.01. The summed E-state index contributed by atoms with van der Waals surface area (Å²) in [6, 6.07) is 13.5. The van der Waals surface area contributed by atoms with Gasteiger partial charge in [-0.05, 0) is 43.2 Å². The summed E-state index contributed by atoms with van der Waals surface area (Å²) in [6.45, 7) is 3.76. The molecule has 3 aromatic rings. The molecule has 0 unspecified atom stereocenters. The highest BCUT2D eigenvalue weighted by atomic mass is 35.5. The van der Waals surface area contributed by atoms with Crippen LogP contribution in [-0.2, 0) is 6.42 Å². The molecule has 0 saturated carbocycles. The third kappa shape index (κ3) is 2.78. The van der Waals surface area contributed by atoms with Gasteiger partial charge in [-0.3, -0.25) is 15.4 Å². The first-order valence-electron chi connectivity index (χ1n) is 7.43. The van der Waals surface area contributed by atoms with Gasteiger partial charge in [0.25, 0.3) is 0 Å². The van der Waals surface area contributed by atoms with Gasteiger partial charge in [0.05, 0.1) is 11.2 Å². The SMILES string of the molecule is CCc1ccc2c(c1)c(-c1ccc(Cl)cc1)nc(=N)n2C(C)=N. The van der Waals surface area contributed by atoms with Crippen LogP contribution >= 0.6 is 11.6 Å². The highest BCUT2D eigenvalue weighted by molar-refractivity contribution is 6.30. The van der Waals surface area contributed by atoms with E-state index in [-0.39, 0.29) is 11.5 Å². The van der Waals surface area contributed by atoms with Gasteiger partial charge in [-0.1, -0.05) is 36.7 Å². The van der Waals surface area contributed by atoms with Crippen LogP contribution < -0.4 is 5.62 Å². The first-order valence-corrected chi connectivity index (χ1v) is 7.81. The van der Waals surface area contributed by atoms with E-state index >= 15 is 0 Å². The van der Waals surface area contributed by atoms with Crippen molar-refractivity contribution in [2.75, 3.05) is 0 Å². The van der Waals surface area contributed by atoms with E-state index in [9.17, 15) is 0 Å². The molecule has 0 saturated heterocycles. The largest absolute Gasteiger partial charge is 0.288 e. The van der Waals surface area contributed by atoms with Gasteiger partial charge in [-0.2, -0.15) is 0 Å². The summed E-state index contributed by atoms with van der Waals surface area (Å²) in [7, 11) is 0. The van der Waals surface area contributed by atoms with E-state index in [1.54, 1.807) is 11.5 Å². The summed E-state index contributed by atoms with van der Waals surface area (Å²) in [6.07, 6.45) is 0.919. The van der Waals surface area contributed by atoms with Crippen LogP contribution in [0.1, 0.15) is 19.4 Å². The monoisotopic (exact) mass is 324 g/mol. The number of fused-ring (bicyclic) bond motifs is 1. The maximum atomic E-state index is 8.20. The highest BCUT2D eigenvalue weighted by Crippen LogP contribution is 2.27. The van der Waals surface area contributed by atoms with Gasteiger partial charge < -0.3 is 0 Å². The van der Waals surface area contributed by atoms with Crippen LogP contribution in [0, 0.1) is 10.8 Å². The van der Waals surface area contributed by atoms with E-state index in [4.69, 9.17) is 22.4 Å². The van der Waals surface area contributed by atoms with Crippen LogP contribution in [0.4, 0.5) is 0 Å². The normalized spacial score (nSPS) is 10.9. The molecule has 1 aromatic heterocycles. The number of hydrogen-bond acceptors (Lipinski definition) is 3. The van der Waals surface area contributed by atoms with Crippen LogP contribution in [0.15, 0.2) is 42.5 Å². The molecule has 2 aromatic carbocycles. The molecule has 0 atom stereocenters. The summed E-state index contributed by atoms with van der Waals surface area (Å²) in [5.41, 5.74) is 3.73. The molecular weight excluding hydrogens is 308 g/mol. The number of hydrogen-bond donors (Lipinski definition) is 2. The van der Waals surface area contributed by atoms with Crippen molar-refractivity contribution in [3.05, 3.63) is 58.7 Å². The Morgan fingerprint density at radius 3 is 2.48 bits per heavy atom. The summed E-state index contributed by atoms with van der Waals surface area (Å²) in [5, 5.41) is 17.8. The second-order valence-electron chi connectivity index (χ2n) is 5.42. The lowest BCUT2D eigenvalue weighted by atomic mass is 10.0. The molecule has 3 rings (SSSR count). The fourth-order valence-electron chi connectivity index (χ4n) is 2.69. The molecule has 0 radical (unpaired) electrons. The van der Waals surface area contributed by atoms with Crippen molar-refractivity contribution >= 4 is 28.3 Å². The van der Waals surface area contributed by atoms with Crippen LogP contribution in [0.5, 0.6) is 0 Å². The molecule has 0 aliphatic heterocycles. The minimum atomic E-state index is 0.0548. The van der Waals surface area contributed by atoms with Gasteiger partial charge in [0.2, 0.25) is 5.62 Å². The fraction of sp³-hybridized carbons (Fsp3) is 0.167. The van der Waals surface area contributed by atoms with Crippen molar-refractivity contribution in [3.63, 3.8) is 0 Å². The minimum absolute atomic E-state index is 0.0548. The first kappa shape index (κ1) is 15.4. The van der Waals surface area contributed by atoms with Crippen LogP contribution in [0.2, 0.25) is 5.02 Å². The first-order chi connectivity index (χ1) is 11.0. The van der Waals surface area contributed by atoms with Crippen molar-refractivity contribution in [1.29, 1.82) is 10.8 Å². The van der Waals surface area contributed by atoms with Gasteiger partial charge >= 0.3 is 0 Å². The average Bonchev–Trinajstić information content (AvgIpc) is 2.54. The van der Waals surface area contributed by atoms with Crippen molar-refractivity contribution in [1.82, 2.24) is 9.55 Å². The second-order valence-corrected chi connectivity index (χ2v) is 5.85. The molecule has 0 bridgehead atoms. The third-order valence-electron chi connectivity index (χ3n) is 3.85. The molecule has 0 amide bonds. The molecule has 0 spiro atoms. The zero-order chi connectivity index (χ0) is 16.6. The van der Waals surface area contributed by atoms with E-state index < -0.39 is 0 Å². The quantitative estimate of drug-likeness (QED) is 0.537. The lowest BCUT2D eigenvalue weighted by Gasteiger charge is -2.14. The number of halogens is 1. The second kappa shape index (κ2) is 5.97.